The quantitative estimate of drug-likeness (QED) is 0.869. The molecule has 24 heavy (non-hydrogen) atoms. The van der Waals surface area contributed by atoms with E-state index in [0.29, 0.717) is 15.9 Å². The minimum atomic E-state index is -0.981. The highest BCUT2D eigenvalue weighted by Crippen LogP contribution is 2.32. The van der Waals surface area contributed by atoms with Crippen molar-refractivity contribution in [3.8, 4) is 0 Å². The Balaban J connectivity index is 1.86. The van der Waals surface area contributed by atoms with Crippen LogP contribution in [0.4, 0.5) is 5.82 Å². The van der Waals surface area contributed by atoms with Gasteiger partial charge in [-0.05, 0) is 47.7 Å². The van der Waals surface area contributed by atoms with E-state index in [-0.39, 0.29) is 11.5 Å². The van der Waals surface area contributed by atoms with Crippen LogP contribution in [-0.2, 0) is 4.79 Å². The maximum atomic E-state index is 12.3. The van der Waals surface area contributed by atoms with Crippen molar-refractivity contribution in [2.75, 3.05) is 7.05 Å². The van der Waals surface area contributed by atoms with Crippen molar-refractivity contribution in [1.82, 2.24) is 9.88 Å². The molecule has 1 N–H and O–H groups in total. The van der Waals surface area contributed by atoms with E-state index in [2.05, 4.69) is 9.98 Å². The summed E-state index contributed by atoms with van der Waals surface area (Å²) in [7, 11) is 1.66. The molecule has 0 atom stereocenters. The molecule has 0 radical (unpaired) electrons. The van der Waals surface area contributed by atoms with Gasteiger partial charge in [0.2, 0.25) is 0 Å². The monoisotopic (exact) mass is 339 g/mol. The third kappa shape index (κ3) is 3.36. The van der Waals surface area contributed by atoms with E-state index in [0.717, 1.165) is 5.56 Å². The molecule has 0 saturated carbocycles. The zero-order valence-corrected chi connectivity index (χ0v) is 13.5. The van der Waals surface area contributed by atoms with Crippen LogP contribution in [0, 0.1) is 0 Å². The summed E-state index contributed by atoms with van der Waals surface area (Å²) in [5, 5.41) is 9.46. The molecule has 1 aliphatic rings. The number of carboxylic acids is 1. The number of aromatic nitrogens is 1. The van der Waals surface area contributed by atoms with Crippen LogP contribution in [0.25, 0.3) is 6.08 Å². The molecule has 1 fully saturated rings. The van der Waals surface area contributed by atoms with Crippen molar-refractivity contribution >= 4 is 40.7 Å². The summed E-state index contributed by atoms with van der Waals surface area (Å²) in [5.41, 5.74) is 0.959. The number of aromatic carboxylic acids is 1. The molecule has 0 bridgehead atoms. The van der Waals surface area contributed by atoms with Crippen LogP contribution in [0.5, 0.6) is 0 Å². The average molecular weight is 339 g/mol. The summed E-state index contributed by atoms with van der Waals surface area (Å²) < 4.78 is 0. The number of pyridine rings is 1. The lowest BCUT2D eigenvalue weighted by molar-refractivity contribution is -0.121. The second-order valence-corrected chi connectivity index (χ2v) is 5.99. The Kier molecular flexibility index (Phi) is 4.43. The van der Waals surface area contributed by atoms with Gasteiger partial charge in [-0.25, -0.2) is 14.8 Å². The van der Waals surface area contributed by atoms with E-state index < -0.39 is 5.97 Å². The summed E-state index contributed by atoms with van der Waals surface area (Å²) in [6.07, 6.45) is 3.36. The van der Waals surface area contributed by atoms with E-state index in [9.17, 15) is 9.59 Å². The van der Waals surface area contributed by atoms with Gasteiger partial charge in [-0.15, -0.1) is 0 Å². The van der Waals surface area contributed by atoms with Gasteiger partial charge in [0.15, 0.2) is 11.0 Å². The Hall–Kier alpha value is -2.93. The van der Waals surface area contributed by atoms with Crippen molar-refractivity contribution in [3.63, 3.8) is 0 Å². The fourth-order valence-electron chi connectivity index (χ4n) is 2.04. The number of carbonyl (C=O) groups excluding carboxylic acids is 1. The lowest BCUT2D eigenvalue weighted by Gasteiger charge is -2.06. The molecule has 1 aromatic heterocycles. The van der Waals surface area contributed by atoms with Crippen molar-refractivity contribution in [1.29, 1.82) is 0 Å². The predicted octanol–water partition coefficient (Wildman–Crippen LogP) is 3.01. The third-order valence-corrected chi connectivity index (χ3v) is 4.38. The third-order valence-electron chi connectivity index (χ3n) is 3.32. The van der Waals surface area contributed by atoms with Gasteiger partial charge >= 0.3 is 5.97 Å². The molecule has 0 aliphatic carbocycles. The number of thioether (sulfide) groups is 1. The highest BCUT2D eigenvalue weighted by molar-refractivity contribution is 8.18. The van der Waals surface area contributed by atoms with Crippen molar-refractivity contribution < 1.29 is 14.7 Å². The van der Waals surface area contributed by atoms with Crippen molar-refractivity contribution in [2.24, 2.45) is 4.99 Å². The number of amides is 1. The number of likely N-dealkylation sites (N-methyl/N-ethyl adjacent to an activating group) is 1. The summed E-state index contributed by atoms with van der Waals surface area (Å²) in [6, 6.07) is 11.7. The Morgan fingerprint density at radius 3 is 2.62 bits per heavy atom. The Morgan fingerprint density at radius 1 is 1.25 bits per heavy atom. The molecule has 0 spiro atoms. The maximum absolute atomic E-state index is 12.3. The second kappa shape index (κ2) is 6.67. The number of amidine groups is 1. The predicted molar refractivity (Wildman–Crippen MR) is 93.1 cm³/mol. The van der Waals surface area contributed by atoms with Crippen LogP contribution in [0.15, 0.2) is 58.6 Å². The molecule has 2 heterocycles. The summed E-state index contributed by atoms with van der Waals surface area (Å²) in [5.74, 6) is -0.603. The zero-order valence-electron chi connectivity index (χ0n) is 12.7. The van der Waals surface area contributed by atoms with Gasteiger partial charge in [0.25, 0.3) is 5.91 Å². The van der Waals surface area contributed by atoms with Crippen molar-refractivity contribution in [2.45, 2.75) is 0 Å². The summed E-state index contributed by atoms with van der Waals surface area (Å²) in [6.45, 7) is 0. The van der Waals surface area contributed by atoms with Gasteiger partial charge in [0.1, 0.15) is 0 Å². The number of carboxylic acid groups (broad SMARTS) is 1. The molecule has 2 aromatic rings. The first kappa shape index (κ1) is 15.9. The van der Waals surface area contributed by atoms with E-state index in [1.54, 1.807) is 43.6 Å². The molecular formula is C17H13N3O3S. The Labute approximate surface area is 142 Å². The minimum Gasteiger partial charge on any atom is -0.478 e. The van der Waals surface area contributed by atoms with Crippen LogP contribution in [0.3, 0.4) is 0 Å². The highest BCUT2D eigenvalue weighted by atomic mass is 32.2. The number of carbonyl (C=O) groups is 2. The van der Waals surface area contributed by atoms with E-state index in [1.165, 1.54) is 28.8 Å². The summed E-state index contributed by atoms with van der Waals surface area (Å²) >= 11 is 1.26. The fourth-order valence-corrected chi connectivity index (χ4v) is 3.02. The molecule has 3 rings (SSSR count). The molecule has 6 nitrogen and oxygen atoms in total. The SMILES string of the molecule is CN1C(=O)/C(=C\c2ccc(C(=O)O)cc2)SC1=Nc1ccccn1. The van der Waals surface area contributed by atoms with Gasteiger partial charge < -0.3 is 5.11 Å². The Morgan fingerprint density at radius 2 is 2.00 bits per heavy atom. The van der Waals surface area contributed by atoms with E-state index in [4.69, 9.17) is 5.11 Å². The first-order valence-electron chi connectivity index (χ1n) is 7.05. The van der Waals surface area contributed by atoms with E-state index >= 15 is 0 Å². The van der Waals surface area contributed by atoms with E-state index in [1.807, 2.05) is 6.07 Å². The largest absolute Gasteiger partial charge is 0.478 e. The fraction of sp³-hybridized carbons (Fsp3) is 0.0588. The number of rotatable bonds is 3. The molecular weight excluding hydrogens is 326 g/mol. The van der Waals surface area contributed by atoms with Gasteiger partial charge in [0, 0.05) is 13.2 Å². The van der Waals surface area contributed by atoms with Crippen LogP contribution in [0.2, 0.25) is 0 Å². The lowest BCUT2D eigenvalue weighted by Crippen LogP contribution is -2.23. The zero-order chi connectivity index (χ0) is 17.1. The maximum Gasteiger partial charge on any atom is 0.335 e. The number of nitrogens with zero attached hydrogens (tertiary/aromatic N) is 3. The number of benzene rings is 1. The molecule has 1 amide bonds. The van der Waals surface area contributed by atoms with Crippen LogP contribution < -0.4 is 0 Å². The molecule has 1 aromatic carbocycles. The van der Waals surface area contributed by atoms with Gasteiger partial charge in [-0.3, -0.25) is 9.69 Å². The van der Waals surface area contributed by atoms with Gasteiger partial charge in [0.05, 0.1) is 10.5 Å². The van der Waals surface area contributed by atoms with Gasteiger partial charge in [-0.2, -0.15) is 0 Å². The number of hydrogen-bond acceptors (Lipinski definition) is 5. The van der Waals surface area contributed by atoms with Gasteiger partial charge in [-0.1, -0.05) is 18.2 Å². The lowest BCUT2D eigenvalue weighted by atomic mass is 10.1. The molecule has 1 aliphatic heterocycles. The first-order chi connectivity index (χ1) is 11.5. The summed E-state index contributed by atoms with van der Waals surface area (Å²) in [4.78, 5) is 33.7. The number of hydrogen-bond donors (Lipinski definition) is 1. The molecule has 7 heteroatoms. The molecule has 1 saturated heterocycles. The standard InChI is InChI=1S/C17H13N3O3S/c1-20-15(21)13(10-11-5-7-12(8-6-11)16(22)23)24-17(20)19-14-4-2-3-9-18-14/h2-10H,1H3,(H,22,23)/b13-10+,19-17?. The second-order valence-electron chi connectivity index (χ2n) is 4.98. The van der Waals surface area contributed by atoms with Crippen LogP contribution in [0.1, 0.15) is 15.9 Å². The smallest absolute Gasteiger partial charge is 0.335 e. The highest BCUT2D eigenvalue weighted by Gasteiger charge is 2.30. The normalized spacial score (nSPS) is 17.7. The topological polar surface area (TPSA) is 82.9 Å². The average Bonchev–Trinajstić information content (AvgIpc) is 2.84. The van der Waals surface area contributed by atoms with Crippen LogP contribution >= 0.6 is 11.8 Å². The van der Waals surface area contributed by atoms with Crippen LogP contribution in [-0.4, -0.2) is 39.1 Å². The number of aliphatic imine (C=N–C) groups is 1. The molecule has 120 valence electrons. The van der Waals surface area contributed by atoms with Crippen molar-refractivity contribution in [3.05, 3.63) is 64.7 Å². The Bertz CT molecular complexity index is 845. The minimum absolute atomic E-state index is 0.156. The first-order valence-corrected chi connectivity index (χ1v) is 7.87. The molecule has 0 unspecified atom stereocenters.